The van der Waals surface area contributed by atoms with Gasteiger partial charge in [0.25, 0.3) is 0 Å². The molecule has 0 unspecified atom stereocenters. The molecule has 3 N–H and O–H groups in total. The SMILES string of the molecule is CC(C)N=C(N)NCl. The van der Waals surface area contributed by atoms with Crippen LogP contribution in [0, 0.1) is 0 Å². The molecule has 0 radical (unpaired) electrons. The molecule has 0 fully saturated rings. The van der Waals surface area contributed by atoms with Crippen molar-refractivity contribution in [2.45, 2.75) is 19.9 Å². The van der Waals surface area contributed by atoms with Crippen LogP contribution in [0.1, 0.15) is 13.8 Å². The second-order valence-electron chi connectivity index (χ2n) is 1.70. The van der Waals surface area contributed by atoms with E-state index in [0.717, 1.165) is 0 Å². The summed E-state index contributed by atoms with van der Waals surface area (Å²) in [5.74, 6) is 0.265. The van der Waals surface area contributed by atoms with Gasteiger partial charge in [0.1, 0.15) is 0 Å². The number of hydrogen-bond acceptors (Lipinski definition) is 1. The highest BCUT2D eigenvalue weighted by molar-refractivity contribution is 6.21. The maximum Gasteiger partial charge on any atom is 0.203 e. The van der Waals surface area contributed by atoms with E-state index in [1.165, 1.54) is 0 Å². The summed E-state index contributed by atoms with van der Waals surface area (Å²) < 4.78 is 0. The molecule has 0 aromatic heterocycles. The molecule has 0 aromatic rings. The Labute approximate surface area is 54.0 Å². The van der Waals surface area contributed by atoms with Crippen molar-refractivity contribution in [1.29, 1.82) is 0 Å². The Morgan fingerprint density at radius 3 is 2.38 bits per heavy atom. The molecule has 0 heterocycles. The molecule has 48 valence electrons. The summed E-state index contributed by atoms with van der Waals surface area (Å²) in [5, 5.41) is 0. The van der Waals surface area contributed by atoms with Crippen LogP contribution in [-0.2, 0) is 0 Å². The quantitative estimate of drug-likeness (QED) is 0.312. The lowest BCUT2D eigenvalue weighted by atomic mass is 10.4. The van der Waals surface area contributed by atoms with Crippen molar-refractivity contribution in [2.24, 2.45) is 10.7 Å². The predicted octanol–water partition coefficient (Wildman–Crippen LogP) is 0.453. The van der Waals surface area contributed by atoms with Crippen LogP contribution in [0.4, 0.5) is 0 Å². The molecule has 0 bridgehead atoms. The fourth-order valence-electron chi connectivity index (χ4n) is 0.303. The number of nitrogens with two attached hydrogens (primary N) is 1. The van der Waals surface area contributed by atoms with E-state index in [2.05, 4.69) is 9.83 Å². The minimum atomic E-state index is 0.196. The van der Waals surface area contributed by atoms with E-state index in [4.69, 9.17) is 17.5 Å². The Morgan fingerprint density at radius 1 is 1.75 bits per heavy atom. The summed E-state index contributed by atoms with van der Waals surface area (Å²) in [5.41, 5.74) is 5.18. The third kappa shape index (κ3) is 3.74. The van der Waals surface area contributed by atoms with Crippen LogP contribution in [0.15, 0.2) is 4.99 Å². The Bertz CT molecular complexity index is 89.3. The Kier molecular flexibility index (Phi) is 3.35. The van der Waals surface area contributed by atoms with Crippen LogP contribution >= 0.6 is 11.8 Å². The van der Waals surface area contributed by atoms with Gasteiger partial charge < -0.3 is 5.73 Å². The lowest BCUT2D eigenvalue weighted by molar-refractivity contribution is 0.829. The molecule has 0 amide bonds. The van der Waals surface area contributed by atoms with Gasteiger partial charge in [-0.05, 0) is 13.8 Å². The van der Waals surface area contributed by atoms with Crippen molar-refractivity contribution < 1.29 is 0 Å². The number of rotatable bonds is 1. The highest BCUT2D eigenvalue weighted by Gasteiger charge is 1.88. The Balaban J connectivity index is 3.56. The van der Waals surface area contributed by atoms with E-state index in [1.807, 2.05) is 13.8 Å². The molecule has 0 aliphatic rings. The molecule has 8 heavy (non-hydrogen) atoms. The van der Waals surface area contributed by atoms with Gasteiger partial charge in [0.15, 0.2) is 0 Å². The summed E-state index contributed by atoms with van der Waals surface area (Å²) in [7, 11) is 0. The van der Waals surface area contributed by atoms with E-state index in [1.54, 1.807) is 0 Å². The van der Waals surface area contributed by atoms with Gasteiger partial charge in [-0.25, -0.2) is 4.99 Å². The lowest BCUT2D eigenvalue weighted by Crippen LogP contribution is -2.24. The summed E-state index contributed by atoms with van der Waals surface area (Å²) >= 11 is 5.09. The van der Waals surface area contributed by atoms with Crippen LogP contribution < -0.4 is 10.6 Å². The predicted molar refractivity (Wildman–Crippen MR) is 35.7 cm³/mol. The van der Waals surface area contributed by atoms with Crippen LogP contribution in [0.2, 0.25) is 0 Å². The van der Waals surface area contributed by atoms with E-state index in [0.29, 0.717) is 0 Å². The molecule has 0 rings (SSSR count). The van der Waals surface area contributed by atoms with Crippen molar-refractivity contribution in [2.75, 3.05) is 0 Å². The summed E-state index contributed by atoms with van der Waals surface area (Å²) in [6, 6.07) is 0.196. The molecular weight excluding hydrogens is 126 g/mol. The van der Waals surface area contributed by atoms with Gasteiger partial charge in [-0.1, -0.05) is 0 Å². The normalized spacial score (nSPS) is 12.2. The highest BCUT2D eigenvalue weighted by Crippen LogP contribution is 1.82. The van der Waals surface area contributed by atoms with Gasteiger partial charge in [0.2, 0.25) is 5.96 Å². The topological polar surface area (TPSA) is 50.4 Å². The average Bonchev–Trinajstić information content (AvgIpc) is 1.65. The number of nitrogens with zero attached hydrogens (tertiary/aromatic N) is 1. The first-order valence-electron chi connectivity index (χ1n) is 2.36. The number of nitrogens with one attached hydrogen (secondary N) is 1. The summed E-state index contributed by atoms with van der Waals surface area (Å²) in [4.78, 5) is 6.04. The molecule has 0 saturated heterocycles. The van der Waals surface area contributed by atoms with Crippen molar-refractivity contribution >= 4 is 17.7 Å². The van der Waals surface area contributed by atoms with Gasteiger partial charge >= 0.3 is 0 Å². The molecule has 0 atom stereocenters. The maximum absolute atomic E-state index is 5.18. The van der Waals surface area contributed by atoms with Gasteiger partial charge in [0, 0.05) is 17.8 Å². The lowest BCUT2D eigenvalue weighted by Gasteiger charge is -1.97. The van der Waals surface area contributed by atoms with Crippen molar-refractivity contribution in [3.05, 3.63) is 0 Å². The van der Waals surface area contributed by atoms with E-state index >= 15 is 0 Å². The third-order valence-corrected chi connectivity index (χ3v) is 0.688. The first kappa shape index (κ1) is 7.56. The molecule has 0 spiro atoms. The van der Waals surface area contributed by atoms with Gasteiger partial charge in [-0.2, -0.15) is 0 Å². The first-order chi connectivity index (χ1) is 3.66. The fourth-order valence-corrected chi connectivity index (χ4v) is 0.351. The molecule has 0 aromatic carbocycles. The van der Waals surface area contributed by atoms with E-state index < -0.39 is 0 Å². The largest absolute Gasteiger partial charge is 0.369 e. The summed E-state index contributed by atoms with van der Waals surface area (Å²) in [6.07, 6.45) is 0. The van der Waals surface area contributed by atoms with Crippen LogP contribution in [0.5, 0.6) is 0 Å². The molecule has 0 saturated carbocycles. The second-order valence-corrected chi connectivity index (χ2v) is 1.89. The smallest absolute Gasteiger partial charge is 0.203 e. The number of aliphatic imine (C=N–C) groups is 1. The Morgan fingerprint density at radius 2 is 2.25 bits per heavy atom. The molecule has 0 aliphatic carbocycles. The zero-order valence-corrected chi connectivity index (χ0v) is 5.74. The standard InChI is InChI=1S/C4H10ClN3/c1-3(2)7-4(6)8-5/h3H,1-2H3,(H3,6,7,8). The van der Waals surface area contributed by atoms with Crippen LogP contribution in [-0.4, -0.2) is 12.0 Å². The van der Waals surface area contributed by atoms with Gasteiger partial charge in [0.05, 0.1) is 0 Å². The Hall–Kier alpha value is -0.440. The molecule has 0 aliphatic heterocycles. The van der Waals surface area contributed by atoms with Crippen molar-refractivity contribution in [1.82, 2.24) is 4.84 Å². The third-order valence-electron chi connectivity index (χ3n) is 0.494. The molecule has 4 heteroatoms. The number of halogens is 1. The zero-order chi connectivity index (χ0) is 6.57. The van der Waals surface area contributed by atoms with Crippen LogP contribution in [0.3, 0.4) is 0 Å². The van der Waals surface area contributed by atoms with Crippen LogP contribution in [0.25, 0.3) is 0 Å². The van der Waals surface area contributed by atoms with Gasteiger partial charge in [-0.15, -0.1) is 0 Å². The number of hydrogen-bond donors (Lipinski definition) is 2. The maximum atomic E-state index is 5.18. The molecular formula is C4H10ClN3. The molecule has 3 nitrogen and oxygen atoms in total. The fraction of sp³-hybridized carbons (Fsp3) is 0.750. The van der Waals surface area contributed by atoms with Crippen molar-refractivity contribution in [3.8, 4) is 0 Å². The highest BCUT2D eigenvalue weighted by atomic mass is 35.5. The average molecular weight is 136 g/mol. The van der Waals surface area contributed by atoms with Gasteiger partial charge in [-0.3, -0.25) is 4.84 Å². The summed E-state index contributed by atoms with van der Waals surface area (Å²) in [6.45, 7) is 3.84. The first-order valence-corrected chi connectivity index (χ1v) is 2.74. The van der Waals surface area contributed by atoms with E-state index in [-0.39, 0.29) is 12.0 Å². The number of guanidine groups is 1. The zero-order valence-electron chi connectivity index (χ0n) is 4.98. The second kappa shape index (κ2) is 3.55. The van der Waals surface area contributed by atoms with Crippen molar-refractivity contribution in [3.63, 3.8) is 0 Å². The minimum Gasteiger partial charge on any atom is -0.369 e. The monoisotopic (exact) mass is 135 g/mol. The minimum absolute atomic E-state index is 0.196. The van der Waals surface area contributed by atoms with E-state index in [9.17, 15) is 0 Å².